The molecule has 1 fully saturated rings. The van der Waals surface area contributed by atoms with Gasteiger partial charge >= 0.3 is 0 Å². The van der Waals surface area contributed by atoms with E-state index >= 15 is 0 Å². The van der Waals surface area contributed by atoms with Crippen molar-refractivity contribution in [2.24, 2.45) is 5.92 Å². The van der Waals surface area contributed by atoms with Crippen molar-refractivity contribution in [3.8, 4) is 0 Å². The first-order chi connectivity index (χ1) is 8.88. The molecule has 2 heterocycles. The normalized spacial score (nSPS) is 24.3. The molecule has 108 valence electrons. The van der Waals surface area contributed by atoms with Crippen LogP contribution in [0.15, 0.2) is 5.38 Å². The third kappa shape index (κ3) is 3.77. The molecule has 2 unspecified atom stereocenters. The van der Waals surface area contributed by atoms with E-state index in [1.165, 1.54) is 5.01 Å². The molecule has 0 amide bonds. The number of hydrogen-bond donors (Lipinski definition) is 1. The van der Waals surface area contributed by atoms with Gasteiger partial charge < -0.3 is 10.1 Å². The number of thiazole rings is 1. The van der Waals surface area contributed by atoms with Crippen LogP contribution in [-0.2, 0) is 10.2 Å². The van der Waals surface area contributed by atoms with E-state index in [1.807, 2.05) is 0 Å². The molecule has 0 aliphatic carbocycles. The zero-order chi connectivity index (χ0) is 14.0. The number of aromatic nitrogens is 1. The highest BCUT2D eigenvalue weighted by atomic mass is 32.1. The second-order valence-corrected chi connectivity index (χ2v) is 7.59. The summed E-state index contributed by atoms with van der Waals surface area (Å²) in [6.45, 7) is 12.9. The molecule has 1 saturated heterocycles. The summed E-state index contributed by atoms with van der Waals surface area (Å²) in [5.74, 6) is 0.553. The molecule has 1 aromatic rings. The van der Waals surface area contributed by atoms with Crippen LogP contribution in [0.2, 0.25) is 0 Å². The van der Waals surface area contributed by atoms with E-state index in [9.17, 15) is 0 Å². The Morgan fingerprint density at radius 3 is 2.79 bits per heavy atom. The van der Waals surface area contributed by atoms with Crippen LogP contribution in [0, 0.1) is 5.92 Å². The minimum absolute atomic E-state index is 0.132. The maximum absolute atomic E-state index is 5.91. The summed E-state index contributed by atoms with van der Waals surface area (Å²) in [5, 5.41) is 6.90. The molecule has 0 aromatic carbocycles. The molecule has 1 aliphatic rings. The van der Waals surface area contributed by atoms with Gasteiger partial charge in [0.05, 0.1) is 10.7 Å². The molecule has 2 atom stereocenters. The van der Waals surface area contributed by atoms with Crippen LogP contribution in [0.25, 0.3) is 0 Å². The third-order valence-electron chi connectivity index (χ3n) is 3.46. The monoisotopic (exact) mass is 282 g/mol. The quantitative estimate of drug-likeness (QED) is 0.917. The van der Waals surface area contributed by atoms with Crippen LogP contribution in [0.3, 0.4) is 0 Å². The molecule has 4 heteroatoms. The van der Waals surface area contributed by atoms with Crippen molar-refractivity contribution in [3.63, 3.8) is 0 Å². The Balaban J connectivity index is 2.05. The first-order valence-corrected chi connectivity index (χ1v) is 8.07. The van der Waals surface area contributed by atoms with E-state index in [-0.39, 0.29) is 11.5 Å². The van der Waals surface area contributed by atoms with Gasteiger partial charge in [0.15, 0.2) is 0 Å². The van der Waals surface area contributed by atoms with Gasteiger partial charge in [-0.1, -0.05) is 34.6 Å². The molecule has 0 saturated carbocycles. The second kappa shape index (κ2) is 5.90. The van der Waals surface area contributed by atoms with Gasteiger partial charge in [0, 0.05) is 35.9 Å². The van der Waals surface area contributed by atoms with Gasteiger partial charge in [-0.15, -0.1) is 11.3 Å². The Kier molecular flexibility index (Phi) is 4.64. The largest absolute Gasteiger partial charge is 0.372 e. The summed E-state index contributed by atoms with van der Waals surface area (Å²) in [7, 11) is 0. The van der Waals surface area contributed by atoms with Crippen LogP contribution in [0.4, 0.5) is 0 Å². The summed E-state index contributed by atoms with van der Waals surface area (Å²) >= 11 is 1.76. The SMILES string of the molecule is CC(C)NCC1CCOC1c1csc(C(C)(C)C)n1. The average molecular weight is 282 g/mol. The van der Waals surface area contributed by atoms with Gasteiger partial charge in [-0.2, -0.15) is 0 Å². The minimum Gasteiger partial charge on any atom is -0.372 e. The fourth-order valence-electron chi connectivity index (χ4n) is 2.32. The lowest BCUT2D eigenvalue weighted by Gasteiger charge is -2.19. The van der Waals surface area contributed by atoms with Gasteiger partial charge in [-0.3, -0.25) is 0 Å². The molecule has 2 rings (SSSR count). The Morgan fingerprint density at radius 2 is 2.21 bits per heavy atom. The third-order valence-corrected chi connectivity index (χ3v) is 4.74. The first kappa shape index (κ1) is 14.9. The highest BCUT2D eigenvalue weighted by Gasteiger charge is 2.32. The molecule has 0 radical (unpaired) electrons. The maximum atomic E-state index is 5.91. The maximum Gasteiger partial charge on any atom is 0.104 e. The van der Waals surface area contributed by atoms with Crippen molar-refractivity contribution in [2.75, 3.05) is 13.2 Å². The van der Waals surface area contributed by atoms with Crippen LogP contribution in [-0.4, -0.2) is 24.2 Å². The van der Waals surface area contributed by atoms with E-state index < -0.39 is 0 Å². The molecule has 3 nitrogen and oxygen atoms in total. The topological polar surface area (TPSA) is 34.1 Å². The van der Waals surface area contributed by atoms with Crippen molar-refractivity contribution in [2.45, 2.75) is 58.6 Å². The van der Waals surface area contributed by atoms with Crippen molar-refractivity contribution < 1.29 is 4.74 Å². The second-order valence-electron chi connectivity index (χ2n) is 6.73. The Hall–Kier alpha value is -0.450. The predicted octanol–water partition coefficient (Wildman–Crippen LogP) is 3.52. The molecule has 1 N–H and O–H groups in total. The minimum atomic E-state index is 0.132. The lowest BCUT2D eigenvalue weighted by molar-refractivity contribution is 0.0869. The van der Waals surface area contributed by atoms with Crippen LogP contribution in [0.1, 0.15) is 57.8 Å². The zero-order valence-corrected chi connectivity index (χ0v) is 13.5. The molecular formula is C15H26N2OS. The van der Waals surface area contributed by atoms with Crippen molar-refractivity contribution in [3.05, 3.63) is 16.1 Å². The van der Waals surface area contributed by atoms with Gasteiger partial charge in [-0.05, 0) is 6.42 Å². The molecule has 1 aliphatic heterocycles. The standard InChI is InChI=1S/C15H26N2OS/c1-10(2)16-8-11-6-7-18-13(11)12-9-19-14(17-12)15(3,4)5/h9-11,13,16H,6-8H2,1-5H3. The zero-order valence-electron chi connectivity index (χ0n) is 12.7. The molecule has 19 heavy (non-hydrogen) atoms. The number of ether oxygens (including phenoxy) is 1. The lowest BCUT2D eigenvalue weighted by Crippen LogP contribution is -2.30. The summed E-state index contributed by atoms with van der Waals surface area (Å²) in [5.41, 5.74) is 1.26. The van der Waals surface area contributed by atoms with E-state index in [2.05, 4.69) is 45.3 Å². The van der Waals surface area contributed by atoms with Gasteiger partial charge in [0.2, 0.25) is 0 Å². The Morgan fingerprint density at radius 1 is 1.47 bits per heavy atom. The number of hydrogen-bond acceptors (Lipinski definition) is 4. The van der Waals surface area contributed by atoms with E-state index in [0.717, 1.165) is 25.3 Å². The van der Waals surface area contributed by atoms with Gasteiger partial charge in [-0.25, -0.2) is 4.98 Å². The lowest BCUT2D eigenvalue weighted by atomic mass is 9.97. The van der Waals surface area contributed by atoms with Gasteiger partial charge in [0.25, 0.3) is 0 Å². The smallest absolute Gasteiger partial charge is 0.104 e. The Bertz CT molecular complexity index is 409. The van der Waals surface area contributed by atoms with Crippen molar-refractivity contribution >= 4 is 11.3 Å². The fourth-order valence-corrected chi connectivity index (χ4v) is 3.25. The van der Waals surface area contributed by atoms with E-state index in [0.29, 0.717) is 12.0 Å². The van der Waals surface area contributed by atoms with Crippen LogP contribution < -0.4 is 5.32 Å². The average Bonchev–Trinajstić information content (AvgIpc) is 2.93. The number of nitrogens with one attached hydrogen (secondary N) is 1. The van der Waals surface area contributed by atoms with E-state index in [4.69, 9.17) is 9.72 Å². The molecule has 0 spiro atoms. The molecule has 1 aromatic heterocycles. The van der Waals surface area contributed by atoms with Crippen LogP contribution in [0.5, 0.6) is 0 Å². The summed E-state index contributed by atoms with van der Waals surface area (Å²) in [6, 6.07) is 0.529. The summed E-state index contributed by atoms with van der Waals surface area (Å²) < 4.78 is 5.91. The predicted molar refractivity (Wildman–Crippen MR) is 80.8 cm³/mol. The highest BCUT2D eigenvalue weighted by Crippen LogP contribution is 2.36. The van der Waals surface area contributed by atoms with Crippen molar-refractivity contribution in [1.82, 2.24) is 10.3 Å². The number of nitrogens with zero attached hydrogens (tertiary/aromatic N) is 1. The molecular weight excluding hydrogens is 256 g/mol. The molecule has 0 bridgehead atoms. The van der Waals surface area contributed by atoms with E-state index in [1.54, 1.807) is 11.3 Å². The van der Waals surface area contributed by atoms with Crippen LogP contribution >= 0.6 is 11.3 Å². The highest BCUT2D eigenvalue weighted by molar-refractivity contribution is 7.09. The van der Waals surface area contributed by atoms with Crippen molar-refractivity contribution in [1.29, 1.82) is 0 Å². The summed E-state index contributed by atoms with van der Waals surface area (Å²) in [6.07, 6.45) is 1.31. The summed E-state index contributed by atoms with van der Waals surface area (Å²) in [4.78, 5) is 4.81. The number of rotatable bonds is 4. The van der Waals surface area contributed by atoms with Gasteiger partial charge in [0.1, 0.15) is 6.10 Å². The Labute approximate surface area is 120 Å². The first-order valence-electron chi connectivity index (χ1n) is 7.19. The fraction of sp³-hybridized carbons (Fsp3) is 0.800.